The highest BCUT2D eigenvalue weighted by molar-refractivity contribution is 5.88. The Bertz CT molecular complexity index is 431. The van der Waals surface area contributed by atoms with Gasteiger partial charge in [-0.3, -0.25) is 0 Å². The summed E-state index contributed by atoms with van der Waals surface area (Å²) in [6.45, 7) is 3.47. The molecule has 6 heteroatoms. The van der Waals surface area contributed by atoms with E-state index in [-0.39, 0.29) is 0 Å². The zero-order chi connectivity index (χ0) is 13.0. The largest absolute Gasteiger partial charge is 0.493 e. The number of hydrogen-bond acceptors (Lipinski definition) is 6. The standard InChI is InChI=1S/C12H17N3O3/c1-17-10-4-3-9(12(16)18-2)14-11(10)15-7-5-13-6-8-15/h3-4,13H,5-8H2,1-2H3. The predicted molar refractivity (Wildman–Crippen MR) is 67.2 cm³/mol. The summed E-state index contributed by atoms with van der Waals surface area (Å²) in [5.74, 6) is 0.931. The van der Waals surface area contributed by atoms with Gasteiger partial charge in [0.1, 0.15) is 0 Å². The van der Waals surface area contributed by atoms with E-state index < -0.39 is 5.97 Å². The van der Waals surface area contributed by atoms with Crippen molar-refractivity contribution >= 4 is 11.8 Å². The summed E-state index contributed by atoms with van der Waals surface area (Å²) in [7, 11) is 2.94. The molecule has 98 valence electrons. The summed E-state index contributed by atoms with van der Waals surface area (Å²) in [6.07, 6.45) is 0. The molecule has 1 saturated heterocycles. The second-order valence-electron chi connectivity index (χ2n) is 3.95. The molecule has 1 fully saturated rings. The van der Waals surface area contributed by atoms with E-state index in [2.05, 4.69) is 19.9 Å². The van der Waals surface area contributed by atoms with Crippen molar-refractivity contribution in [1.29, 1.82) is 0 Å². The zero-order valence-corrected chi connectivity index (χ0v) is 10.6. The van der Waals surface area contributed by atoms with E-state index in [1.165, 1.54) is 7.11 Å². The Morgan fingerprint density at radius 1 is 1.33 bits per heavy atom. The minimum atomic E-state index is -0.436. The Hall–Kier alpha value is -1.82. The lowest BCUT2D eigenvalue weighted by molar-refractivity contribution is 0.0594. The lowest BCUT2D eigenvalue weighted by Gasteiger charge is -2.29. The Morgan fingerprint density at radius 2 is 2.06 bits per heavy atom. The molecule has 18 heavy (non-hydrogen) atoms. The highest BCUT2D eigenvalue weighted by atomic mass is 16.5. The molecule has 0 amide bonds. The molecule has 0 spiro atoms. The third-order valence-electron chi connectivity index (χ3n) is 2.87. The van der Waals surface area contributed by atoms with Gasteiger partial charge < -0.3 is 19.7 Å². The second-order valence-corrected chi connectivity index (χ2v) is 3.95. The van der Waals surface area contributed by atoms with E-state index in [1.807, 2.05) is 0 Å². The predicted octanol–water partition coefficient (Wildman–Crippen LogP) is 0.286. The number of rotatable bonds is 3. The van der Waals surface area contributed by atoms with Gasteiger partial charge in [0, 0.05) is 26.2 Å². The summed E-state index contributed by atoms with van der Waals surface area (Å²) in [6, 6.07) is 3.35. The van der Waals surface area contributed by atoms with Crippen LogP contribution in [-0.4, -0.2) is 51.4 Å². The molecule has 0 aromatic carbocycles. The Balaban J connectivity index is 2.32. The van der Waals surface area contributed by atoms with Crippen LogP contribution in [0.4, 0.5) is 5.82 Å². The number of ether oxygens (including phenoxy) is 2. The molecule has 0 aliphatic carbocycles. The van der Waals surface area contributed by atoms with Crippen LogP contribution < -0.4 is 15.0 Å². The highest BCUT2D eigenvalue weighted by Crippen LogP contribution is 2.26. The Morgan fingerprint density at radius 3 is 2.67 bits per heavy atom. The third-order valence-corrected chi connectivity index (χ3v) is 2.87. The fourth-order valence-corrected chi connectivity index (χ4v) is 1.92. The van der Waals surface area contributed by atoms with Gasteiger partial charge in [0.2, 0.25) is 0 Å². The van der Waals surface area contributed by atoms with Gasteiger partial charge in [-0.25, -0.2) is 9.78 Å². The van der Waals surface area contributed by atoms with Crippen LogP contribution in [0.1, 0.15) is 10.5 Å². The van der Waals surface area contributed by atoms with Crippen LogP contribution >= 0.6 is 0 Å². The first-order valence-electron chi connectivity index (χ1n) is 5.85. The first kappa shape index (κ1) is 12.6. The van der Waals surface area contributed by atoms with Crippen molar-refractivity contribution in [2.75, 3.05) is 45.3 Å². The van der Waals surface area contributed by atoms with Crippen LogP contribution in [0.15, 0.2) is 12.1 Å². The quantitative estimate of drug-likeness (QED) is 0.779. The van der Waals surface area contributed by atoms with Gasteiger partial charge in [-0.05, 0) is 12.1 Å². The van der Waals surface area contributed by atoms with E-state index >= 15 is 0 Å². The number of pyridine rings is 1. The maximum atomic E-state index is 11.5. The number of nitrogens with zero attached hydrogens (tertiary/aromatic N) is 2. The lowest BCUT2D eigenvalue weighted by atomic mass is 10.3. The fraction of sp³-hybridized carbons (Fsp3) is 0.500. The summed E-state index contributed by atoms with van der Waals surface area (Å²) >= 11 is 0. The summed E-state index contributed by atoms with van der Waals surface area (Å²) in [4.78, 5) is 17.9. The number of carbonyl (C=O) groups excluding carboxylic acids is 1. The van der Waals surface area contributed by atoms with Gasteiger partial charge in [-0.15, -0.1) is 0 Å². The average Bonchev–Trinajstić information content (AvgIpc) is 2.46. The van der Waals surface area contributed by atoms with Gasteiger partial charge in [-0.1, -0.05) is 0 Å². The van der Waals surface area contributed by atoms with Crippen LogP contribution in [-0.2, 0) is 4.74 Å². The molecular weight excluding hydrogens is 234 g/mol. The minimum absolute atomic E-state index is 0.298. The molecule has 2 rings (SSSR count). The van der Waals surface area contributed by atoms with Gasteiger partial charge in [0.05, 0.1) is 14.2 Å². The maximum Gasteiger partial charge on any atom is 0.356 e. The number of esters is 1. The van der Waals surface area contributed by atoms with Crippen molar-refractivity contribution in [3.8, 4) is 5.75 Å². The molecule has 1 aliphatic rings. The maximum absolute atomic E-state index is 11.5. The molecular formula is C12H17N3O3. The van der Waals surface area contributed by atoms with E-state index in [0.29, 0.717) is 17.3 Å². The number of hydrogen-bond donors (Lipinski definition) is 1. The van der Waals surface area contributed by atoms with E-state index in [0.717, 1.165) is 26.2 Å². The smallest absolute Gasteiger partial charge is 0.356 e. The third kappa shape index (κ3) is 2.53. The first-order chi connectivity index (χ1) is 8.76. The molecule has 2 heterocycles. The molecule has 0 unspecified atom stereocenters. The summed E-state index contributed by atoms with van der Waals surface area (Å²) < 4.78 is 9.97. The van der Waals surface area contributed by atoms with Crippen LogP contribution in [0.25, 0.3) is 0 Å². The number of piperazine rings is 1. The number of methoxy groups -OCH3 is 2. The number of aromatic nitrogens is 1. The van der Waals surface area contributed by atoms with Crippen molar-refractivity contribution in [2.45, 2.75) is 0 Å². The van der Waals surface area contributed by atoms with E-state index in [4.69, 9.17) is 4.74 Å². The van der Waals surface area contributed by atoms with E-state index in [1.54, 1.807) is 19.2 Å². The van der Waals surface area contributed by atoms with Crippen LogP contribution in [0.5, 0.6) is 5.75 Å². The van der Waals surface area contributed by atoms with Crippen LogP contribution in [0.2, 0.25) is 0 Å². The van der Waals surface area contributed by atoms with Gasteiger partial charge in [0.25, 0.3) is 0 Å². The summed E-state index contributed by atoms with van der Waals surface area (Å²) in [5.41, 5.74) is 0.298. The normalized spacial score (nSPS) is 15.3. The Kier molecular flexibility index (Phi) is 3.99. The van der Waals surface area contributed by atoms with Crippen LogP contribution in [0.3, 0.4) is 0 Å². The van der Waals surface area contributed by atoms with Gasteiger partial charge >= 0.3 is 5.97 Å². The summed E-state index contributed by atoms with van der Waals surface area (Å²) in [5, 5.41) is 3.27. The molecule has 0 bridgehead atoms. The van der Waals surface area contributed by atoms with Crippen LogP contribution in [0, 0.1) is 0 Å². The topological polar surface area (TPSA) is 63.7 Å². The van der Waals surface area contributed by atoms with Crippen molar-refractivity contribution < 1.29 is 14.3 Å². The van der Waals surface area contributed by atoms with Gasteiger partial charge in [-0.2, -0.15) is 0 Å². The lowest BCUT2D eigenvalue weighted by Crippen LogP contribution is -2.44. The molecule has 0 saturated carbocycles. The van der Waals surface area contributed by atoms with Gasteiger partial charge in [0.15, 0.2) is 17.3 Å². The first-order valence-corrected chi connectivity index (χ1v) is 5.85. The molecule has 0 radical (unpaired) electrons. The molecule has 1 aliphatic heterocycles. The zero-order valence-electron chi connectivity index (χ0n) is 10.6. The van der Waals surface area contributed by atoms with Crippen molar-refractivity contribution in [3.05, 3.63) is 17.8 Å². The number of anilines is 1. The van der Waals surface area contributed by atoms with Crippen molar-refractivity contribution in [3.63, 3.8) is 0 Å². The SMILES string of the molecule is COC(=O)c1ccc(OC)c(N2CCNCC2)n1. The Labute approximate surface area is 106 Å². The molecule has 1 N–H and O–H groups in total. The molecule has 0 atom stereocenters. The van der Waals surface area contributed by atoms with Crippen molar-refractivity contribution in [2.24, 2.45) is 0 Å². The molecule has 1 aromatic heterocycles. The van der Waals surface area contributed by atoms with Crippen molar-refractivity contribution in [1.82, 2.24) is 10.3 Å². The monoisotopic (exact) mass is 251 g/mol. The second kappa shape index (κ2) is 5.68. The average molecular weight is 251 g/mol. The molecule has 1 aromatic rings. The minimum Gasteiger partial charge on any atom is -0.493 e. The number of carbonyl (C=O) groups is 1. The fourth-order valence-electron chi connectivity index (χ4n) is 1.92. The number of nitrogens with one attached hydrogen (secondary N) is 1. The van der Waals surface area contributed by atoms with E-state index in [9.17, 15) is 4.79 Å². The highest BCUT2D eigenvalue weighted by Gasteiger charge is 2.19. The molecule has 6 nitrogen and oxygen atoms in total.